The number of sulfonamides is 1. The molecular formula is C13H17N3O3S. The summed E-state index contributed by atoms with van der Waals surface area (Å²) in [6.45, 7) is 1.77. The van der Waals surface area contributed by atoms with Crippen LogP contribution in [0, 0.1) is 0 Å². The molecule has 0 radical (unpaired) electrons. The maximum absolute atomic E-state index is 12.3. The maximum Gasteiger partial charge on any atom is 0.241 e. The first-order valence-corrected chi connectivity index (χ1v) is 7.76. The number of nitrogens with one attached hydrogen (secondary N) is 2. The molecule has 0 aliphatic heterocycles. The van der Waals surface area contributed by atoms with Gasteiger partial charge in [-0.1, -0.05) is 19.1 Å². The van der Waals surface area contributed by atoms with Crippen molar-refractivity contribution in [2.24, 2.45) is 0 Å². The minimum atomic E-state index is -3.61. The van der Waals surface area contributed by atoms with Crippen LogP contribution < -0.4 is 4.72 Å². The van der Waals surface area contributed by atoms with Gasteiger partial charge in [0.05, 0.1) is 17.5 Å². The Hall–Kier alpha value is -1.70. The van der Waals surface area contributed by atoms with Crippen molar-refractivity contribution in [2.75, 3.05) is 0 Å². The summed E-state index contributed by atoms with van der Waals surface area (Å²) in [6, 6.07) is 5.73. The van der Waals surface area contributed by atoms with Gasteiger partial charge in [-0.15, -0.1) is 0 Å². The molecule has 20 heavy (non-hydrogen) atoms. The molecule has 0 spiro atoms. The van der Waals surface area contributed by atoms with Gasteiger partial charge in [0.1, 0.15) is 5.82 Å². The highest BCUT2D eigenvalue weighted by Gasteiger charge is 2.21. The SMILES string of the molecule is CCC(NS(=O)(=O)c1ccc(CO)cc1)c1ncc[nH]1. The Morgan fingerprint density at radius 1 is 1.35 bits per heavy atom. The molecule has 6 nitrogen and oxygen atoms in total. The third-order valence-electron chi connectivity index (χ3n) is 2.97. The number of hydrogen-bond donors (Lipinski definition) is 3. The monoisotopic (exact) mass is 295 g/mol. The summed E-state index contributed by atoms with van der Waals surface area (Å²) in [5.41, 5.74) is 0.669. The third-order valence-corrected chi connectivity index (χ3v) is 4.46. The Balaban J connectivity index is 2.21. The molecule has 0 amide bonds. The molecule has 0 bridgehead atoms. The van der Waals surface area contributed by atoms with Gasteiger partial charge < -0.3 is 10.1 Å². The van der Waals surface area contributed by atoms with Crippen molar-refractivity contribution in [2.45, 2.75) is 30.9 Å². The lowest BCUT2D eigenvalue weighted by Crippen LogP contribution is -2.29. The molecule has 0 saturated heterocycles. The second kappa shape index (κ2) is 6.17. The number of imidazole rings is 1. The Morgan fingerprint density at radius 3 is 2.55 bits per heavy atom. The highest BCUT2D eigenvalue weighted by Crippen LogP contribution is 2.17. The van der Waals surface area contributed by atoms with E-state index in [9.17, 15) is 8.42 Å². The second-order valence-electron chi connectivity index (χ2n) is 4.36. The van der Waals surface area contributed by atoms with Crippen molar-refractivity contribution in [3.8, 4) is 0 Å². The van der Waals surface area contributed by atoms with Gasteiger partial charge in [-0.05, 0) is 24.1 Å². The summed E-state index contributed by atoms with van der Waals surface area (Å²) in [7, 11) is -3.61. The van der Waals surface area contributed by atoms with Crippen LogP contribution in [0.2, 0.25) is 0 Å². The van der Waals surface area contributed by atoms with Gasteiger partial charge >= 0.3 is 0 Å². The van der Waals surface area contributed by atoms with E-state index >= 15 is 0 Å². The standard InChI is InChI=1S/C13H17N3O3S/c1-2-12(13-14-7-8-15-13)16-20(18,19)11-5-3-10(9-17)4-6-11/h3-8,12,16-17H,2,9H2,1H3,(H,14,15). The molecule has 0 saturated carbocycles. The predicted molar refractivity (Wildman–Crippen MR) is 74.3 cm³/mol. The zero-order chi connectivity index (χ0) is 14.6. The number of aliphatic hydroxyl groups is 1. The lowest BCUT2D eigenvalue weighted by Gasteiger charge is -2.15. The summed E-state index contributed by atoms with van der Waals surface area (Å²) in [6.07, 6.45) is 3.83. The van der Waals surface area contributed by atoms with Crippen LogP contribution in [0.5, 0.6) is 0 Å². The van der Waals surface area contributed by atoms with Crippen LogP contribution in [0.3, 0.4) is 0 Å². The normalized spacial score (nSPS) is 13.3. The Bertz CT molecular complexity index is 636. The van der Waals surface area contributed by atoms with Crippen molar-refractivity contribution < 1.29 is 13.5 Å². The molecule has 1 aromatic carbocycles. The molecule has 1 heterocycles. The Morgan fingerprint density at radius 2 is 2.05 bits per heavy atom. The summed E-state index contributed by atoms with van der Waals surface area (Å²) in [5.74, 6) is 0.586. The fraction of sp³-hybridized carbons (Fsp3) is 0.308. The van der Waals surface area contributed by atoms with Crippen molar-refractivity contribution in [1.29, 1.82) is 0 Å². The summed E-state index contributed by atoms with van der Waals surface area (Å²) in [4.78, 5) is 7.15. The smallest absolute Gasteiger partial charge is 0.241 e. The number of hydrogen-bond acceptors (Lipinski definition) is 4. The van der Waals surface area contributed by atoms with Gasteiger partial charge in [0, 0.05) is 12.4 Å². The van der Waals surface area contributed by atoms with Crippen LogP contribution in [0.4, 0.5) is 0 Å². The number of benzene rings is 1. The molecule has 0 aliphatic rings. The van der Waals surface area contributed by atoms with E-state index in [0.717, 1.165) is 0 Å². The van der Waals surface area contributed by atoms with Crippen molar-refractivity contribution >= 4 is 10.0 Å². The Kier molecular flexibility index (Phi) is 4.53. The molecule has 108 valence electrons. The average Bonchev–Trinajstić information content (AvgIpc) is 2.99. The highest BCUT2D eigenvalue weighted by atomic mass is 32.2. The van der Waals surface area contributed by atoms with E-state index in [-0.39, 0.29) is 11.5 Å². The van der Waals surface area contributed by atoms with Crippen LogP contribution in [-0.2, 0) is 16.6 Å². The van der Waals surface area contributed by atoms with Crippen LogP contribution in [0.25, 0.3) is 0 Å². The molecule has 1 aromatic heterocycles. The van der Waals surface area contributed by atoms with E-state index in [1.54, 1.807) is 24.5 Å². The van der Waals surface area contributed by atoms with E-state index < -0.39 is 16.1 Å². The van der Waals surface area contributed by atoms with Gasteiger partial charge in [0.25, 0.3) is 0 Å². The molecule has 0 fully saturated rings. The van der Waals surface area contributed by atoms with Crippen LogP contribution in [0.1, 0.15) is 30.8 Å². The summed E-state index contributed by atoms with van der Waals surface area (Å²) >= 11 is 0. The van der Waals surface area contributed by atoms with E-state index in [1.165, 1.54) is 12.1 Å². The lowest BCUT2D eigenvalue weighted by molar-refractivity contribution is 0.282. The van der Waals surface area contributed by atoms with Gasteiger partial charge in [-0.25, -0.2) is 18.1 Å². The van der Waals surface area contributed by atoms with Gasteiger partial charge in [0.15, 0.2) is 0 Å². The number of aromatic amines is 1. The van der Waals surface area contributed by atoms with E-state index in [4.69, 9.17) is 5.11 Å². The van der Waals surface area contributed by atoms with Crippen molar-refractivity contribution in [3.05, 3.63) is 48.0 Å². The zero-order valence-corrected chi connectivity index (χ0v) is 11.9. The van der Waals surface area contributed by atoms with E-state index in [2.05, 4.69) is 14.7 Å². The summed E-state index contributed by atoms with van der Waals surface area (Å²) < 4.78 is 27.2. The number of H-pyrrole nitrogens is 1. The maximum atomic E-state index is 12.3. The highest BCUT2D eigenvalue weighted by molar-refractivity contribution is 7.89. The molecule has 2 rings (SSSR count). The number of aliphatic hydroxyl groups excluding tert-OH is 1. The molecule has 7 heteroatoms. The Labute approximate surface area is 117 Å². The van der Waals surface area contributed by atoms with Gasteiger partial charge in [0.2, 0.25) is 10.0 Å². The number of aromatic nitrogens is 2. The molecule has 2 aromatic rings. The first-order valence-electron chi connectivity index (χ1n) is 6.28. The topological polar surface area (TPSA) is 95.1 Å². The van der Waals surface area contributed by atoms with Crippen LogP contribution >= 0.6 is 0 Å². The minimum absolute atomic E-state index is 0.113. The predicted octanol–water partition coefficient (Wildman–Crippen LogP) is 1.33. The first-order chi connectivity index (χ1) is 9.56. The third kappa shape index (κ3) is 3.24. The summed E-state index contributed by atoms with van der Waals surface area (Å²) in [5, 5.41) is 8.96. The molecule has 1 atom stereocenters. The molecule has 0 aliphatic carbocycles. The number of nitrogens with zero attached hydrogens (tertiary/aromatic N) is 1. The van der Waals surface area contributed by atoms with E-state index in [1.807, 2.05) is 6.92 Å². The second-order valence-corrected chi connectivity index (χ2v) is 6.07. The largest absolute Gasteiger partial charge is 0.392 e. The minimum Gasteiger partial charge on any atom is -0.392 e. The number of rotatable bonds is 6. The first kappa shape index (κ1) is 14.7. The van der Waals surface area contributed by atoms with Crippen molar-refractivity contribution in [1.82, 2.24) is 14.7 Å². The molecule has 3 N–H and O–H groups in total. The lowest BCUT2D eigenvalue weighted by atomic mass is 10.2. The quantitative estimate of drug-likeness (QED) is 0.749. The van der Waals surface area contributed by atoms with Gasteiger partial charge in [-0.2, -0.15) is 0 Å². The zero-order valence-electron chi connectivity index (χ0n) is 11.1. The van der Waals surface area contributed by atoms with Crippen LogP contribution in [0.15, 0.2) is 41.6 Å². The fourth-order valence-corrected chi connectivity index (χ4v) is 3.11. The van der Waals surface area contributed by atoms with Crippen LogP contribution in [-0.4, -0.2) is 23.5 Å². The molecular weight excluding hydrogens is 278 g/mol. The molecule has 1 unspecified atom stereocenters. The average molecular weight is 295 g/mol. The van der Waals surface area contributed by atoms with E-state index in [0.29, 0.717) is 17.8 Å². The van der Waals surface area contributed by atoms with Crippen molar-refractivity contribution in [3.63, 3.8) is 0 Å². The fourth-order valence-electron chi connectivity index (χ4n) is 1.83. The van der Waals surface area contributed by atoms with Gasteiger partial charge in [-0.3, -0.25) is 0 Å².